The van der Waals surface area contributed by atoms with Crippen molar-refractivity contribution >= 4 is 32.0 Å². The quantitative estimate of drug-likeness (QED) is 0.438. The lowest BCUT2D eigenvalue weighted by Gasteiger charge is -2.06. The zero-order chi connectivity index (χ0) is 21.8. The van der Waals surface area contributed by atoms with Crippen LogP contribution in [-0.4, -0.2) is 41.2 Å². The third-order valence-corrected chi connectivity index (χ3v) is 7.27. The summed E-state index contributed by atoms with van der Waals surface area (Å²) in [5.74, 6) is -0.668. The molecule has 0 atom stereocenters. The van der Waals surface area contributed by atoms with Crippen LogP contribution in [0.2, 0.25) is 0 Å². The van der Waals surface area contributed by atoms with E-state index in [4.69, 9.17) is 0 Å². The second kappa shape index (κ2) is 8.94. The molecule has 1 amide bonds. The average Bonchev–Trinajstić information content (AvgIpc) is 3.35. The van der Waals surface area contributed by atoms with Crippen LogP contribution in [0.3, 0.4) is 0 Å². The number of rotatable bonds is 8. The van der Waals surface area contributed by atoms with Crippen LogP contribution in [0, 0.1) is 5.82 Å². The Bertz CT molecular complexity index is 1320. The molecule has 4 rings (SSSR count). The number of carbonyl (C=O) groups excluding carboxylic acids is 1. The highest BCUT2D eigenvalue weighted by atomic mass is 32.2. The molecule has 10 heteroatoms. The number of carbonyl (C=O) groups is 1. The molecule has 0 spiro atoms. The van der Waals surface area contributed by atoms with Gasteiger partial charge in [0.25, 0.3) is 0 Å². The van der Waals surface area contributed by atoms with Crippen molar-refractivity contribution in [1.29, 1.82) is 0 Å². The first-order chi connectivity index (χ1) is 14.9. The van der Waals surface area contributed by atoms with Crippen LogP contribution in [0.1, 0.15) is 12.1 Å². The molecule has 0 radical (unpaired) electrons. The monoisotopic (exact) mass is 458 g/mol. The molecule has 0 aliphatic heterocycles. The number of nitrogens with zero attached hydrogens (tertiary/aromatic N) is 3. The van der Waals surface area contributed by atoms with Gasteiger partial charge in [0.1, 0.15) is 5.82 Å². The molecule has 2 heterocycles. The molecule has 160 valence electrons. The van der Waals surface area contributed by atoms with Gasteiger partial charge in [0.15, 0.2) is 15.7 Å². The lowest BCUT2D eigenvalue weighted by Crippen LogP contribution is -2.27. The van der Waals surface area contributed by atoms with Gasteiger partial charge in [0.05, 0.1) is 21.9 Å². The van der Waals surface area contributed by atoms with E-state index >= 15 is 0 Å². The number of aromatic nitrogens is 3. The molecule has 0 saturated carbocycles. The van der Waals surface area contributed by atoms with Gasteiger partial charge in [-0.25, -0.2) is 17.3 Å². The standard InChI is InChI=1S/C21H19FN4O3S2/c22-18-9-5-4-8-17(18)20-24-21-26(25-20)15(14-30-21)10-12-23-19(27)11-13-31(28,29)16-6-2-1-3-7-16/h1-9,14H,10-13H2,(H,23,27). The molecule has 2 aromatic heterocycles. The summed E-state index contributed by atoms with van der Waals surface area (Å²) in [6.45, 7) is 0.324. The topological polar surface area (TPSA) is 93.4 Å². The maximum absolute atomic E-state index is 14.0. The minimum atomic E-state index is -3.49. The Morgan fingerprint density at radius 3 is 2.61 bits per heavy atom. The van der Waals surface area contributed by atoms with Gasteiger partial charge < -0.3 is 5.32 Å². The number of hydrogen-bond acceptors (Lipinski definition) is 6. The molecule has 2 aromatic carbocycles. The van der Waals surface area contributed by atoms with Gasteiger partial charge >= 0.3 is 0 Å². The highest BCUT2D eigenvalue weighted by molar-refractivity contribution is 7.91. The lowest BCUT2D eigenvalue weighted by atomic mass is 10.2. The Morgan fingerprint density at radius 2 is 1.84 bits per heavy atom. The Hall–Kier alpha value is -3.11. The molecule has 1 N–H and O–H groups in total. The zero-order valence-corrected chi connectivity index (χ0v) is 18.0. The first-order valence-electron chi connectivity index (χ1n) is 9.56. The number of nitrogens with one attached hydrogen (secondary N) is 1. The number of hydrogen-bond donors (Lipinski definition) is 1. The van der Waals surface area contributed by atoms with E-state index in [-0.39, 0.29) is 28.8 Å². The van der Waals surface area contributed by atoms with Gasteiger partial charge in [-0.3, -0.25) is 4.79 Å². The van der Waals surface area contributed by atoms with Crippen molar-refractivity contribution < 1.29 is 17.6 Å². The molecule has 0 aliphatic rings. The van der Waals surface area contributed by atoms with Crippen LogP contribution >= 0.6 is 11.3 Å². The van der Waals surface area contributed by atoms with Gasteiger partial charge in [0.2, 0.25) is 10.9 Å². The molecular formula is C21H19FN4O3S2. The predicted molar refractivity (Wildman–Crippen MR) is 116 cm³/mol. The summed E-state index contributed by atoms with van der Waals surface area (Å²) in [5.41, 5.74) is 1.16. The normalized spacial score (nSPS) is 11.6. The number of benzene rings is 2. The second-order valence-electron chi connectivity index (χ2n) is 6.82. The summed E-state index contributed by atoms with van der Waals surface area (Å²) in [5, 5.41) is 9.01. The molecule has 31 heavy (non-hydrogen) atoms. The molecule has 0 fully saturated rings. The molecule has 7 nitrogen and oxygen atoms in total. The van der Waals surface area contributed by atoms with E-state index in [1.807, 2.05) is 5.38 Å². The third kappa shape index (κ3) is 4.80. The number of thiazole rings is 1. The van der Waals surface area contributed by atoms with Crippen LogP contribution in [-0.2, 0) is 21.1 Å². The lowest BCUT2D eigenvalue weighted by molar-refractivity contribution is -0.120. The van der Waals surface area contributed by atoms with E-state index in [1.165, 1.54) is 29.5 Å². The van der Waals surface area contributed by atoms with E-state index in [0.717, 1.165) is 5.69 Å². The van der Waals surface area contributed by atoms with Crippen LogP contribution in [0.5, 0.6) is 0 Å². The van der Waals surface area contributed by atoms with Crippen molar-refractivity contribution in [1.82, 2.24) is 19.9 Å². The third-order valence-electron chi connectivity index (χ3n) is 4.67. The maximum atomic E-state index is 14.0. The van der Waals surface area contributed by atoms with Crippen LogP contribution in [0.25, 0.3) is 16.3 Å². The van der Waals surface area contributed by atoms with Crippen molar-refractivity contribution in [2.45, 2.75) is 17.7 Å². The fourth-order valence-corrected chi connectivity index (χ4v) is 5.16. The Kier molecular flexibility index (Phi) is 6.10. The number of fused-ring (bicyclic) bond motifs is 1. The zero-order valence-electron chi connectivity index (χ0n) is 16.4. The van der Waals surface area contributed by atoms with Crippen molar-refractivity contribution in [2.24, 2.45) is 0 Å². The SMILES string of the molecule is O=C(CCS(=O)(=O)c1ccccc1)NCCc1csc2nc(-c3ccccc3F)nn12. The molecule has 0 bridgehead atoms. The minimum absolute atomic E-state index is 0.114. The summed E-state index contributed by atoms with van der Waals surface area (Å²) in [6, 6.07) is 14.4. The van der Waals surface area contributed by atoms with Gasteiger partial charge in [0, 0.05) is 24.8 Å². The van der Waals surface area contributed by atoms with E-state index in [0.29, 0.717) is 29.3 Å². The summed E-state index contributed by atoms with van der Waals surface area (Å²) in [7, 11) is -3.49. The summed E-state index contributed by atoms with van der Waals surface area (Å²) >= 11 is 1.38. The largest absolute Gasteiger partial charge is 0.356 e. The van der Waals surface area contributed by atoms with E-state index in [2.05, 4.69) is 15.4 Å². The molecule has 0 aliphatic carbocycles. The predicted octanol–water partition coefficient (Wildman–Crippen LogP) is 3.12. The van der Waals surface area contributed by atoms with Crippen molar-refractivity contribution in [2.75, 3.05) is 12.3 Å². The second-order valence-corrected chi connectivity index (χ2v) is 9.76. The molecule has 4 aromatic rings. The van der Waals surface area contributed by atoms with Gasteiger partial charge in [-0.15, -0.1) is 16.4 Å². The number of halogens is 1. The Morgan fingerprint density at radius 1 is 1.10 bits per heavy atom. The molecule has 0 unspecified atom stereocenters. The van der Waals surface area contributed by atoms with Crippen molar-refractivity contribution in [3.8, 4) is 11.4 Å². The van der Waals surface area contributed by atoms with E-state index in [1.54, 1.807) is 40.9 Å². The highest BCUT2D eigenvalue weighted by Gasteiger charge is 2.17. The van der Waals surface area contributed by atoms with Gasteiger partial charge in [-0.1, -0.05) is 30.3 Å². The highest BCUT2D eigenvalue weighted by Crippen LogP contribution is 2.23. The first-order valence-corrected chi connectivity index (χ1v) is 12.1. The van der Waals surface area contributed by atoms with Gasteiger partial charge in [-0.2, -0.15) is 4.98 Å². The Labute approximate surface area is 182 Å². The minimum Gasteiger partial charge on any atom is -0.356 e. The first kappa shape index (κ1) is 21.1. The summed E-state index contributed by atoms with van der Waals surface area (Å²) < 4.78 is 40.2. The Balaban J connectivity index is 1.33. The van der Waals surface area contributed by atoms with Crippen LogP contribution < -0.4 is 5.32 Å². The summed E-state index contributed by atoms with van der Waals surface area (Å²) in [4.78, 5) is 17.3. The number of sulfone groups is 1. The maximum Gasteiger partial charge on any atom is 0.221 e. The van der Waals surface area contributed by atoms with Gasteiger partial charge in [-0.05, 0) is 24.3 Å². The molecule has 0 saturated heterocycles. The van der Waals surface area contributed by atoms with E-state index in [9.17, 15) is 17.6 Å². The fourth-order valence-electron chi connectivity index (χ4n) is 3.04. The summed E-state index contributed by atoms with van der Waals surface area (Å²) in [6.07, 6.45) is 0.369. The average molecular weight is 459 g/mol. The molecular weight excluding hydrogens is 439 g/mol. The van der Waals surface area contributed by atoms with Crippen molar-refractivity contribution in [3.05, 3.63) is 71.5 Å². The number of amides is 1. The van der Waals surface area contributed by atoms with Crippen molar-refractivity contribution in [3.63, 3.8) is 0 Å². The van der Waals surface area contributed by atoms with Crippen LogP contribution in [0.4, 0.5) is 4.39 Å². The fraction of sp³-hybridized carbons (Fsp3) is 0.190. The van der Waals surface area contributed by atoms with Crippen LogP contribution in [0.15, 0.2) is 64.9 Å². The smallest absolute Gasteiger partial charge is 0.221 e. The van der Waals surface area contributed by atoms with E-state index < -0.39 is 9.84 Å².